The molecule has 0 aliphatic carbocycles. The molecule has 3 amide bonds. The predicted octanol–water partition coefficient (Wildman–Crippen LogP) is 2.07. The minimum Gasteiger partial charge on any atom is -0.493 e. The van der Waals surface area contributed by atoms with Crippen molar-refractivity contribution in [3.63, 3.8) is 0 Å². The second kappa shape index (κ2) is 8.71. The molecule has 0 aliphatic rings. The van der Waals surface area contributed by atoms with Gasteiger partial charge in [0.15, 0.2) is 11.5 Å². The Bertz CT molecular complexity index is 623. The molecule has 25 heavy (non-hydrogen) atoms. The Morgan fingerprint density at radius 2 is 1.68 bits per heavy atom. The summed E-state index contributed by atoms with van der Waals surface area (Å²) >= 11 is 0. The number of urea groups is 1. The summed E-state index contributed by atoms with van der Waals surface area (Å²) in [5.41, 5.74) is 1.66. The zero-order valence-corrected chi connectivity index (χ0v) is 16.1. The molecule has 0 aliphatic heterocycles. The largest absolute Gasteiger partial charge is 0.493 e. The summed E-state index contributed by atoms with van der Waals surface area (Å²) in [4.78, 5) is 25.5. The van der Waals surface area contributed by atoms with E-state index in [-0.39, 0.29) is 12.5 Å². The maximum atomic E-state index is 12.0. The third kappa shape index (κ3) is 7.01. The maximum Gasteiger partial charge on any atom is 0.321 e. The van der Waals surface area contributed by atoms with Crippen LogP contribution in [0.5, 0.6) is 11.5 Å². The van der Waals surface area contributed by atoms with Crippen LogP contribution in [0.15, 0.2) is 12.1 Å². The van der Waals surface area contributed by atoms with Crippen LogP contribution in [0.2, 0.25) is 0 Å². The molecule has 0 bridgehead atoms. The molecule has 0 heterocycles. The summed E-state index contributed by atoms with van der Waals surface area (Å²) in [5, 5.41) is 5.02. The van der Waals surface area contributed by atoms with Gasteiger partial charge in [-0.15, -0.1) is 0 Å². The molecule has 0 aromatic heterocycles. The quantitative estimate of drug-likeness (QED) is 0.820. The number of carbonyl (C=O) groups excluding carboxylic acids is 2. The molecule has 140 valence electrons. The van der Waals surface area contributed by atoms with Gasteiger partial charge in [0.25, 0.3) is 0 Å². The van der Waals surface area contributed by atoms with Crippen molar-refractivity contribution in [2.24, 2.45) is 0 Å². The van der Waals surface area contributed by atoms with Crippen LogP contribution in [0.1, 0.15) is 31.9 Å². The van der Waals surface area contributed by atoms with E-state index in [0.717, 1.165) is 11.1 Å². The van der Waals surface area contributed by atoms with Crippen LogP contribution in [0, 0.1) is 6.92 Å². The van der Waals surface area contributed by atoms with Gasteiger partial charge in [-0.3, -0.25) is 15.0 Å². The number of hydrogen-bond donors (Lipinski definition) is 2. The topological polar surface area (TPSA) is 79.9 Å². The number of hydrogen-bond acceptors (Lipinski definition) is 5. The van der Waals surface area contributed by atoms with Crippen molar-refractivity contribution in [3.8, 4) is 11.5 Å². The van der Waals surface area contributed by atoms with Gasteiger partial charge < -0.3 is 14.8 Å². The van der Waals surface area contributed by atoms with Crippen LogP contribution < -0.4 is 20.1 Å². The maximum absolute atomic E-state index is 12.0. The van der Waals surface area contributed by atoms with Crippen molar-refractivity contribution < 1.29 is 19.1 Å². The van der Waals surface area contributed by atoms with Crippen LogP contribution >= 0.6 is 0 Å². The summed E-state index contributed by atoms with van der Waals surface area (Å²) in [6, 6.07) is 3.31. The van der Waals surface area contributed by atoms with Crippen molar-refractivity contribution in [1.82, 2.24) is 15.5 Å². The fraction of sp³-hybridized carbons (Fsp3) is 0.556. The molecular formula is C18H29N3O4. The summed E-state index contributed by atoms with van der Waals surface area (Å²) in [7, 11) is 5.00. The lowest BCUT2D eigenvalue weighted by molar-refractivity contribution is -0.121. The number of ether oxygens (including phenoxy) is 2. The fourth-order valence-electron chi connectivity index (χ4n) is 2.32. The number of methoxy groups -OCH3 is 2. The third-order valence-corrected chi connectivity index (χ3v) is 3.44. The van der Waals surface area contributed by atoms with E-state index < -0.39 is 11.6 Å². The second-order valence-corrected chi connectivity index (χ2v) is 7.06. The number of nitrogens with one attached hydrogen (secondary N) is 2. The smallest absolute Gasteiger partial charge is 0.321 e. The van der Waals surface area contributed by atoms with E-state index in [9.17, 15) is 9.59 Å². The average molecular weight is 351 g/mol. The number of imide groups is 1. The van der Waals surface area contributed by atoms with Crippen LogP contribution in [-0.2, 0) is 11.3 Å². The van der Waals surface area contributed by atoms with Crippen molar-refractivity contribution in [2.75, 3.05) is 27.8 Å². The Morgan fingerprint density at radius 1 is 1.12 bits per heavy atom. The minimum atomic E-state index is -0.492. The van der Waals surface area contributed by atoms with Gasteiger partial charge in [0.05, 0.1) is 20.8 Å². The zero-order chi connectivity index (χ0) is 19.2. The molecule has 7 nitrogen and oxygen atoms in total. The predicted molar refractivity (Wildman–Crippen MR) is 97.0 cm³/mol. The second-order valence-electron chi connectivity index (χ2n) is 7.06. The Morgan fingerprint density at radius 3 is 2.20 bits per heavy atom. The Hall–Kier alpha value is -2.28. The highest BCUT2D eigenvalue weighted by atomic mass is 16.5. The summed E-state index contributed by atoms with van der Waals surface area (Å²) < 4.78 is 10.6. The van der Waals surface area contributed by atoms with Crippen LogP contribution in [-0.4, -0.2) is 50.2 Å². The zero-order valence-electron chi connectivity index (χ0n) is 16.1. The monoisotopic (exact) mass is 351 g/mol. The number of nitrogens with zero attached hydrogens (tertiary/aromatic N) is 1. The van der Waals surface area contributed by atoms with E-state index in [0.29, 0.717) is 18.0 Å². The first-order valence-corrected chi connectivity index (χ1v) is 8.07. The molecule has 0 radical (unpaired) electrons. The molecule has 2 N–H and O–H groups in total. The number of aryl methyl sites for hydroxylation is 1. The van der Waals surface area contributed by atoms with E-state index >= 15 is 0 Å². The SMILES string of the molecule is COc1cc(C)c(CN(C)CC(=O)NC(=O)NC(C)(C)C)cc1OC. The van der Waals surface area contributed by atoms with Gasteiger partial charge in [0.2, 0.25) is 5.91 Å². The number of benzene rings is 1. The van der Waals surface area contributed by atoms with Crippen molar-refractivity contribution in [2.45, 2.75) is 39.8 Å². The lowest BCUT2D eigenvalue weighted by Crippen LogP contribution is -2.50. The number of carbonyl (C=O) groups is 2. The first kappa shape index (κ1) is 20.8. The van der Waals surface area contributed by atoms with Gasteiger partial charge in [-0.25, -0.2) is 4.79 Å². The molecule has 1 aromatic carbocycles. The number of rotatable bonds is 6. The molecule has 0 atom stereocenters. The van der Waals surface area contributed by atoms with Crippen molar-refractivity contribution in [3.05, 3.63) is 23.3 Å². The molecular weight excluding hydrogens is 322 g/mol. The van der Waals surface area contributed by atoms with Gasteiger partial charge in [0, 0.05) is 12.1 Å². The Kier molecular flexibility index (Phi) is 7.23. The van der Waals surface area contributed by atoms with Gasteiger partial charge in [0.1, 0.15) is 0 Å². The molecule has 0 saturated heterocycles. The molecule has 1 aromatic rings. The van der Waals surface area contributed by atoms with Crippen LogP contribution in [0.25, 0.3) is 0 Å². The highest BCUT2D eigenvalue weighted by Gasteiger charge is 2.17. The van der Waals surface area contributed by atoms with Gasteiger partial charge >= 0.3 is 6.03 Å². The molecule has 1 rings (SSSR count). The van der Waals surface area contributed by atoms with E-state index in [1.54, 1.807) is 14.2 Å². The summed E-state index contributed by atoms with van der Waals surface area (Å²) in [6.07, 6.45) is 0. The molecule has 0 saturated carbocycles. The number of likely N-dealkylation sites (N-methyl/N-ethyl adjacent to an activating group) is 1. The highest BCUT2D eigenvalue weighted by Crippen LogP contribution is 2.30. The molecule has 7 heteroatoms. The van der Waals surface area contributed by atoms with Gasteiger partial charge in [-0.2, -0.15) is 0 Å². The van der Waals surface area contributed by atoms with Gasteiger partial charge in [-0.1, -0.05) is 0 Å². The summed E-state index contributed by atoms with van der Waals surface area (Å²) in [5.74, 6) is 0.955. The highest BCUT2D eigenvalue weighted by molar-refractivity contribution is 5.95. The van der Waals surface area contributed by atoms with Crippen molar-refractivity contribution in [1.29, 1.82) is 0 Å². The summed E-state index contributed by atoms with van der Waals surface area (Å²) in [6.45, 7) is 8.17. The first-order valence-electron chi connectivity index (χ1n) is 8.07. The van der Waals surface area contributed by atoms with Crippen molar-refractivity contribution >= 4 is 11.9 Å². The van der Waals surface area contributed by atoms with E-state index in [2.05, 4.69) is 10.6 Å². The van der Waals surface area contributed by atoms with E-state index in [1.165, 1.54) is 0 Å². The standard InChI is InChI=1S/C18H29N3O4/c1-12-8-14(24-6)15(25-7)9-13(12)10-21(5)11-16(22)19-17(23)20-18(2,3)4/h8-9H,10-11H2,1-7H3,(H2,19,20,22,23). The van der Waals surface area contributed by atoms with E-state index in [4.69, 9.17) is 9.47 Å². The minimum absolute atomic E-state index is 0.103. The third-order valence-electron chi connectivity index (χ3n) is 3.44. The molecule has 0 fully saturated rings. The molecule has 0 spiro atoms. The lowest BCUT2D eigenvalue weighted by Gasteiger charge is -2.22. The normalized spacial score (nSPS) is 11.2. The van der Waals surface area contributed by atoms with E-state index in [1.807, 2.05) is 51.8 Å². The average Bonchev–Trinajstić information content (AvgIpc) is 2.46. The Balaban J connectivity index is 2.66. The lowest BCUT2D eigenvalue weighted by atomic mass is 10.1. The molecule has 0 unspecified atom stereocenters. The Labute approximate surface area is 149 Å². The van der Waals surface area contributed by atoms with Gasteiger partial charge in [-0.05, 0) is 58.0 Å². The van der Waals surface area contributed by atoms with Crippen LogP contribution in [0.3, 0.4) is 0 Å². The van der Waals surface area contributed by atoms with Crippen LogP contribution in [0.4, 0.5) is 4.79 Å². The first-order chi connectivity index (χ1) is 11.6. The number of amides is 3. The fourth-order valence-corrected chi connectivity index (χ4v) is 2.32.